The number of nitrogens with one attached hydrogen (secondary N) is 2. The number of aromatic hydroxyl groups is 1. The van der Waals surface area contributed by atoms with E-state index < -0.39 is 11.7 Å². The highest BCUT2D eigenvalue weighted by molar-refractivity contribution is 5.86. The van der Waals surface area contributed by atoms with Gasteiger partial charge in [0.1, 0.15) is 53.4 Å². The van der Waals surface area contributed by atoms with Crippen LogP contribution in [0.4, 0.5) is 22.2 Å². The number of carbonyl (C=O) groups excluding carboxylic acids is 5. The van der Waals surface area contributed by atoms with Crippen molar-refractivity contribution in [1.82, 2.24) is 4.98 Å². The maximum Gasteiger partial charge on any atom is 0.507 e. The Kier molecular flexibility index (Phi) is 35.0. The van der Waals surface area contributed by atoms with Gasteiger partial charge in [-0.3, -0.25) is 24.5 Å². The molecule has 11 aromatic rings. The van der Waals surface area contributed by atoms with Crippen LogP contribution in [-0.4, -0.2) is 122 Å². The zero-order valence-electron chi connectivity index (χ0n) is 77.7. The Bertz CT molecular complexity index is 5710. The smallest absolute Gasteiger partial charge is 0.507 e. The molecular formula is C109H128N6O16+2. The molecule has 22 heteroatoms. The van der Waals surface area contributed by atoms with Crippen molar-refractivity contribution in [2.75, 3.05) is 81.4 Å². The van der Waals surface area contributed by atoms with Gasteiger partial charge in [0.2, 0.25) is 0 Å². The van der Waals surface area contributed by atoms with Crippen molar-refractivity contribution in [2.24, 2.45) is 0 Å². The summed E-state index contributed by atoms with van der Waals surface area (Å²) in [6.45, 7) is 25.9. The van der Waals surface area contributed by atoms with Gasteiger partial charge < -0.3 is 58.7 Å². The molecule has 0 fully saturated rings. The Labute approximate surface area is 771 Å². The molecule has 22 nitrogen and oxygen atoms in total. The van der Waals surface area contributed by atoms with E-state index in [-0.39, 0.29) is 47.5 Å². The lowest BCUT2D eigenvalue weighted by Crippen LogP contribution is -2.45. The number of hydrogen-bond acceptors (Lipinski definition) is 19. The molecule has 0 radical (unpaired) electrons. The number of nitrogens with zero attached hydrogens (tertiary/aromatic N) is 4. The first-order valence-electron chi connectivity index (χ1n) is 46.1. The average molecular weight is 1780 g/mol. The SMILES string of the molecule is CCOC(=O)CC1Cc2cc(C)c(O)cc2Cc2ccccc21.CCOC(=O)CC1Cc2cc(C)c(OCCCN(C(=O)OC(C)(C)C)c3cccc[n+]3O)cc2Cc2ccccc21.CCOC(=O)CC1Cc2cc(C)c(OCCCNc3cccc[n+]3O)cc2Cc2ccccc21.CCOC(=O)CC1Cc2cc(C)c(OCCCNc3ccccn3)cc2Cc2ccccc21. The van der Waals surface area contributed by atoms with Crippen LogP contribution in [0.1, 0.15) is 228 Å². The molecule has 1 amide bonds. The number of aromatic nitrogens is 3. The highest BCUT2D eigenvalue weighted by Crippen LogP contribution is 2.42. The quantitative estimate of drug-likeness (QED) is 0.00920. The van der Waals surface area contributed by atoms with E-state index in [1.54, 1.807) is 36.7 Å². The lowest BCUT2D eigenvalue weighted by Gasteiger charge is -2.22. The molecule has 0 spiro atoms. The summed E-state index contributed by atoms with van der Waals surface area (Å²) >= 11 is 0. The molecule has 5 N–H and O–H groups in total. The van der Waals surface area contributed by atoms with Gasteiger partial charge in [-0.1, -0.05) is 149 Å². The summed E-state index contributed by atoms with van der Waals surface area (Å²) in [4.78, 5) is 67.6. The van der Waals surface area contributed by atoms with Gasteiger partial charge in [0.25, 0.3) is 0 Å². The second-order valence-corrected chi connectivity index (χ2v) is 34.9. The van der Waals surface area contributed by atoms with Crippen LogP contribution in [0.2, 0.25) is 0 Å². The predicted octanol–water partition coefficient (Wildman–Crippen LogP) is 19.8. The van der Waals surface area contributed by atoms with Crippen LogP contribution < -0.4 is 39.2 Å². The van der Waals surface area contributed by atoms with Gasteiger partial charge in [-0.25, -0.2) is 4.98 Å². The van der Waals surface area contributed by atoms with Crippen LogP contribution >= 0.6 is 0 Å². The van der Waals surface area contributed by atoms with E-state index in [1.807, 2.05) is 123 Å². The second-order valence-electron chi connectivity index (χ2n) is 34.9. The maximum atomic E-state index is 13.0. The molecule has 15 rings (SSSR count). The summed E-state index contributed by atoms with van der Waals surface area (Å²) in [5.74, 6) is 4.66. The second kappa shape index (κ2) is 47.4. The molecule has 4 unspecified atom stereocenters. The molecule has 4 aliphatic rings. The standard InChI is InChI=1S/C33H41N2O6.C28H32N2O4.C28H32N2O3.C20H22O3/c1-6-39-31(36)22-27-20-25-18-23(2)29(21-26(25)19-24-12-7-8-13-28(24)27)40-17-11-15-34(32(37)41-33(3,4)5)30-14-9-10-16-35(30)38;1-3-33-28(31)19-24-17-22-15-20(2)26(18-23(22)16-21-9-4-5-10-25(21)24)34-14-8-12-29-27-11-6-7-13-30(27)32;1-3-32-28(31)19-24-17-22-15-20(2)26(18-23(22)16-21-9-4-5-10-25(21)24)33-14-8-13-30-27-11-6-7-12-29-27;1-3-23-20(22)12-17-10-15-8-13(2)19(21)11-16(15)9-14-6-4-5-7-18(14)17/h7-10,12-14,16,18,21,27,38H,6,11,15,17,19-20,22H2,1-5H3;4-7,9-11,13,15,18,24,32H,3,8,12,14,16-17,19H2,1-2H3;4-7,9-12,15,18,24H,3,8,13-14,16-17,19H2,1-2H3,(H,29,30);4-8,11,17,21H,3,9-10,12H2,1-2H3/q+1;;;/p+1. The number of rotatable bonds is 30. The van der Waals surface area contributed by atoms with E-state index in [0.717, 1.165) is 131 Å². The molecule has 4 aliphatic carbocycles. The van der Waals surface area contributed by atoms with Crippen molar-refractivity contribution in [3.8, 4) is 23.0 Å². The summed E-state index contributed by atoms with van der Waals surface area (Å²) in [6, 6.07) is 66.9. The van der Waals surface area contributed by atoms with Crippen LogP contribution in [-0.2, 0) is 94.2 Å². The van der Waals surface area contributed by atoms with E-state index in [4.69, 9.17) is 37.9 Å². The number of phenols is 1. The predicted molar refractivity (Wildman–Crippen MR) is 507 cm³/mol. The molecule has 688 valence electrons. The minimum Gasteiger partial charge on any atom is -0.508 e. The molecule has 0 bridgehead atoms. The number of aryl methyl sites for hydroxylation is 4. The Morgan fingerprint density at radius 2 is 0.756 bits per heavy atom. The summed E-state index contributed by atoms with van der Waals surface area (Å²) in [5.41, 5.74) is 23.2. The van der Waals surface area contributed by atoms with E-state index >= 15 is 0 Å². The molecule has 3 aromatic heterocycles. The van der Waals surface area contributed by atoms with Gasteiger partial charge in [0, 0.05) is 37.7 Å². The summed E-state index contributed by atoms with van der Waals surface area (Å²) in [6.07, 6.45) is 14.5. The van der Waals surface area contributed by atoms with Crippen LogP contribution in [0, 0.1) is 27.7 Å². The Morgan fingerprint density at radius 1 is 0.405 bits per heavy atom. The van der Waals surface area contributed by atoms with Gasteiger partial charge in [-0.05, 0) is 317 Å². The minimum atomic E-state index is -0.673. The van der Waals surface area contributed by atoms with Crippen LogP contribution in [0.25, 0.3) is 0 Å². The van der Waals surface area contributed by atoms with Gasteiger partial charge in [0.15, 0.2) is 0 Å². The number of pyridine rings is 3. The maximum absolute atomic E-state index is 13.0. The lowest BCUT2D eigenvalue weighted by molar-refractivity contribution is -0.894. The van der Waals surface area contributed by atoms with Crippen LogP contribution in [0.5, 0.6) is 23.0 Å². The Hall–Kier alpha value is -13.2. The number of fused-ring (bicyclic) bond motifs is 8. The highest BCUT2D eigenvalue weighted by Gasteiger charge is 2.35. The average Bonchev–Trinajstić information content (AvgIpc) is 1.67. The molecule has 4 atom stereocenters. The third-order valence-electron chi connectivity index (χ3n) is 24.0. The molecular weight excluding hydrogens is 1650 g/mol. The van der Waals surface area contributed by atoms with Gasteiger partial charge in [-0.2, -0.15) is 9.69 Å². The largest absolute Gasteiger partial charge is 0.508 e. The van der Waals surface area contributed by atoms with Gasteiger partial charge >= 0.3 is 41.6 Å². The number of hydrogen-bond donors (Lipinski definition) is 5. The third kappa shape index (κ3) is 27.4. The Morgan fingerprint density at radius 3 is 1.13 bits per heavy atom. The van der Waals surface area contributed by atoms with E-state index in [1.165, 1.54) is 94.5 Å². The fourth-order valence-electron chi connectivity index (χ4n) is 17.8. The first-order valence-corrected chi connectivity index (χ1v) is 46.1. The molecule has 131 heavy (non-hydrogen) atoms. The molecule has 0 saturated heterocycles. The number of anilines is 3. The number of amides is 1. The highest BCUT2D eigenvalue weighted by atomic mass is 16.6. The van der Waals surface area contributed by atoms with Gasteiger partial charge in [-0.15, -0.1) is 0 Å². The van der Waals surface area contributed by atoms with Crippen molar-refractivity contribution in [1.29, 1.82) is 0 Å². The summed E-state index contributed by atoms with van der Waals surface area (Å²) in [7, 11) is 0. The van der Waals surface area contributed by atoms with Crippen molar-refractivity contribution in [3.05, 3.63) is 330 Å². The van der Waals surface area contributed by atoms with Crippen molar-refractivity contribution in [3.63, 3.8) is 0 Å². The fraction of sp³-hybridized carbons (Fsp3) is 0.376. The molecule has 0 aliphatic heterocycles. The molecule has 3 heterocycles. The number of carbonyl (C=O) groups is 5. The zero-order chi connectivity index (χ0) is 92.9. The first-order chi connectivity index (χ1) is 63.3. The number of esters is 4. The molecule has 8 aromatic carbocycles. The lowest BCUT2D eigenvalue weighted by atomic mass is 9.88. The topological polar surface area (TPSA) is 268 Å². The summed E-state index contributed by atoms with van der Waals surface area (Å²) < 4.78 is 47.0. The third-order valence-corrected chi connectivity index (χ3v) is 24.0. The van der Waals surface area contributed by atoms with Crippen LogP contribution in [0.3, 0.4) is 0 Å². The van der Waals surface area contributed by atoms with Crippen LogP contribution in [0.15, 0.2) is 219 Å². The normalized spacial score (nSPS) is 14.7. The first kappa shape index (κ1) is 96.8. The zero-order valence-corrected chi connectivity index (χ0v) is 77.7. The Balaban J connectivity index is 0.000000160. The van der Waals surface area contributed by atoms with Crippen molar-refractivity contribution in [2.45, 2.75) is 202 Å². The van der Waals surface area contributed by atoms with Crippen molar-refractivity contribution < 1.29 is 86.8 Å². The molecule has 0 saturated carbocycles. The van der Waals surface area contributed by atoms with Gasteiger partial charge in [0.05, 0.1) is 78.5 Å². The monoisotopic (exact) mass is 1780 g/mol. The number of ether oxygens (including phenoxy) is 8. The summed E-state index contributed by atoms with van der Waals surface area (Å²) in [5, 5.41) is 36.6. The fourth-order valence-corrected chi connectivity index (χ4v) is 17.8. The minimum absolute atomic E-state index is 0.0591. The van der Waals surface area contributed by atoms with E-state index in [2.05, 4.69) is 145 Å². The number of phenolic OH excluding ortho intramolecular Hbond substituents is 1. The van der Waals surface area contributed by atoms with Crippen molar-refractivity contribution >= 4 is 47.4 Å². The van der Waals surface area contributed by atoms with E-state index in [0.29, 0.717) is 109 Å². The number of benzene rings is 8. The van der Waals surface area contributed by atoms with E-state index in [9.17, 15) is 39.5 Å².